The zero-order chi connectivity index (χ0) is 17.5. The molecule has 0 aromatic rings. The van der Waals surface area contributed by atoms with Gasteiger partial charge >= 0.3 is 21.7 Å². The van der Waals surface area contributed by atoms with Gasteiger partial charge in [0.15, 0.2) is 0 Å². The molecule has 7 nitrogen and oxygen atoms in total. The lowest BCUT2D eigenvalue weighted by Gasteiger charge is -2.16. The van der Waals surface area contributed by atoms with Gasteiger partial charge in [0, 0.05) is 0 Å². The van der Waals surface area contributed by atoms with E-state index in [9.17, 15) is 9.59 Å². The predicted molar refractivity (Wildman–Crippen MR) is 90.6 cm³/mol. The van der Waals surface area contributed by atoms with Gasteiger partial charge in [-0.05, 0) is 39.4 Å². The van der Waals surface area contributed by atoms with Gasteiger partial charge in [-0.25, -0.2) is 0 Å². The first-order valence-electron chi connectivity index (χ1n) is 7.70. The highest BCUT2D eigenvalue weighted by Crippen LogP contribution is 2.00. The maximum Gasteiger partial charge on any atom is 0.323 e. The second-order valence-corrected chi connectivity index (χ2v) is 7.20. The number of hydrogen-bond acceptors (Lipinski definition) is 7. The van der Waals surface area contributed by atoms with Crippen molar-refractivity contribution >= 4 is 36.2 Å². The molecule has 9 heteroatoms. The van der Waals surface area contributed by atoms with Crippen LogP contribution in [0.5, 0.6) is 0 Å². The van der Waals surface area contributed by atoms with Gasteiger partial charge in [-0.2, -0.15) is 0 Å². The van der Waals surface area contributed by atoms with Crippen LogP contribution in [0, 0.1) is 0 Å². The van der Waals surface area contributed by atoms with Crippen LogP contribution >= 0.6 is 0 Å². The van der Waals surface area contributed by atoms with Gasteiger partial charge in [-0.3, -0.25) is 9.59 Å². The van der Waals surface area contributed by atoms with Crippen LogP contribution in [0.2, 0.25) is 12.6 Å². The number of hydrogen-bond donors (Lipinski definition) is 1. The van der Waals surface area contributed by atoms with Crippen LogP contribution in [0.4, 0.5) is 0 Å². The minimum atomic E-state index is -1.09. The van der Waals surface area contributed by atoms with Crippen LogP contribution in [-0.4, -0.2) is 69.1 Å². The molecule has 0 spiro atoms. The summed E-state index contributed by atoms with van der Waals surface area (Å²) in [7, 11) is 0.985. The number of nitrogens with one attached hydrogen (secondary N) is 1. The smallest absolute Gasteiger partial charge is 0.323 e. The third-order valence-electron chi connectivity index (χ3n) is 2.81. The van der Waals surface area contributed by atoms with Crippen LogP contribution in [0.25, 0.3) is 0 Å². The predicted octanol–water partition coefficient (Wildman–Crippen LogP) is 0.514. The number of carbonyl (C=O) groups excluding carboxylic acids is 2. The number of carbonyl (C=O) groups is 2. The molecular formula is C14H27NO6Si2. The fraction of sp³-hybridized carbons (Fsp3) is 0.786. The van der Waals surface area contributed by atoms with E-state index in [0.717, 1.165) is 12.5 Å². The van der Waals surface area contributed by atoms with Crippen molar-refractivity contribution in [3.05, 3.63) is 0 Å². The van der Waals surface area contributed by atoms with Crippen molar-refractivity contribution in [3.63, 3.8) is 0 Å². The quantitative estimate of drug-likeness (QED) is 0.291. The lowest BCUT2D eigenvalue weighted by molar-refractivity contribution is -0.152. The molecule has 0 amide bonds. The Morgan fingerprint density at radius 2 is 1.96 bits per heavy atom. The van der Waals surface area contributed by atoms with E-state index in [4.69, 9.17) is 18.3 Å². The van der Waals surface area contributed by atoms with Crippen molar-refractivity contribution in [1.82, 2.24) is 5.32 Å². The van der Waals surface area contributed by atoms with E-state index in [1.807, 2.05) is 6.55 Å². The zero-order valence-corrected chi connectivity index (χ0v) is 16.3. The molecule has 23 heavy (non-hydrogen) atoms. The summed E-state index contributed by atoms with van der Waals surface area (Å²) in [6.45, 7) is 6.57. The molecule has 132 valence electrons. The Balaban J connectivity index is 4.32. The monoisotopic (exact) mass is 361 g/mol. The maximum atomic E-state index is 11.9. The fourth-order valence-corrected chi connectivity index (χ4v) is 3.68. The molecule has 0 saturated carbocycles. The van der Waals surface area contributed by atoms with Crippen molar-refractivity contribution in [2.75, 3.05) is 26.9 Å². The summed E-state index contributed by atoms with van der Waals surface area (Å²) in [6.07, 6.45) is 0.786. The summed E-state index contributed by atoms with van der Waals surface area (Å²) in [5.41, 5.74) is 0. The molecule has 1 N–H and O–H groups in total. The second kappa shape index (κ2) is 14.4. The van der Waals surface area contributed by atoms with Gasteiger partial charge in [0.2, 0.25) is 0 Å². The molecule has 1 atom stereocenters. The molecule has 0 heterocycles. The highest BCUT2D eigenvalue weighted by molar-refractivity contribution is 6.60. The molecule has 0 aliphatic rings. The minimum absolute atomic E-state index is 0.0268. The summed E-state index contributed by atoms with van der Waals surface area (Å²) in [5.74, 6) is 0.940. The van der Waals surface area contributed by atoms with Crippen molar-refractivity contribution in [3.8, 4) is 0 Å². The highest BCUT2D eigenvalue weighted by atomic mass is 28.3. The molecule has 1 unspecified atom stereocenters. The van der Waals surface area contributed by atoms with Gasteiger partial charge in [0.05, 0.1) is 32.6 Å². The molecule has 0 bridgehead atoms. The maximum absolute atomic E-state index is 11.9. The SMILES string of the molecule is CCOC(=O)CC(NCCC/[Si](=C/O[Si]C)OC)C(=O)OCC. The van der Waals surface area contributed by atoms with E-state index in [2.05, 4.69) is 5.32 Å². The Morgan fingerprint density at radius 1 is 1.26 bits per heavy atom. The lowest BCUT2D eigenvalue weighted by atomic mass is 10.2. The van der Waals surface area contributed by atoms with Crippen LogP contribution < -0.4 is 5.32 Å². The first-order valence-corrected chi connectivity index (χ1v) is 10.8. The normalized spacial score (nSPS) is 12.4. The van der Waals surface area contributed by atoms with Gasteiger partial charge in [0.25, 0.3) is 8.65 Å². The van der Waals surface area contributed by atoms with E-state index >= 15 is 0 Å². The summed E-state index contributed by atoms with van der Waals surface area (Å²) in [4.78, 5) is 23.4. The van der Waals surface area contributed by atoms with Gasteiger partial charge in [0.1, 0.15) is 6.04 Å². The summed E-state index contributed by atoms with van der Waals surface area (Å²) in [5, 5.41) is 3.06. The van der Waals surface area contributed by atoms with Gasteiger partial charge < -0.3 is 23.6 Å². The second-order valence-electron chi connectivity index (χ2n) is 4.48. The molecule has 0 rings (SSSR count). The number of rotatable bonds is 13. The first-order chi connectivity index (χ1) is 11.1. The molecule has 2 radical (unpaired) electrons. The molecule has 0 aromatic carbocycles. The number of ether oxygens (including phenoxy) is 2. The van der Waals surface area contributed by atoms with Crippen molar-refractivity contribution in [2.45, 2.75) is 45.3 Å². The summed E-state index contributed by atoms with van der Waals surface area (Å²) in [6, 6.07) is 0.178. The van der Waals surface area contributed by atoms with Crippen LogP contribution in [0.3, 0.4) is 0 Å². The van der Waals surface area contributed by atoms with E-state index in [-0.39, 0.29) is 13.0 Å². The van der Waals surface area contributed by atoms with Crippen LogP contribution in [0.15, 0.2) is 0 Å². The topological polar surface area (TPSA) is 83.1 Å². The van der Waals surface area contributed by atoms with Crippen molar-refractivity contribution in [1.29, 1.82) is 0 Å². The summed E-state index contributed by atoms with van der Waals surface area (Å²) >= 11 is 0. The Labute approximate surface area is 142 Å². The van der Waals surface area contributed by atoms with Gasteiger partial charge in [-0.15, -0.1) is 0 Å². The third-order valence-corrected chi connectivity index (χ3v) is 5.15. The van der Waals surface area contributed by atoms with E-state index < -0.39 is 26.6 Å². The Bertz CT molecular complexity index is 378. The average molecular weight is 362 g/mol. The molecule has 0 aliphatic carbocycles. The van der Waals surface area contributed by atoms with Gasteiger partial charge in [-0.1, -0.05) is 0 Å². The molecular weight excluding hydrogens is 334 g/mol. The highest BCUT2D eigenvalue weighted by Gasteiger charge is 2.23. The van der Waals surface area contributed by atoms with Crippen LogP contribution in [-0.2, 0) is 27.9 Å². The Hall–Kier alpha value is -1.20. The fourth-order valence-electron chi connectivity index (χ4n) is 1.74. The molecule has 0 saturated heterocycles. The van der Waals surface area contributed by atoms with Crippen molar-refractivity contribution < 1.29 is 27.9 Å². The minimum Gasteiger partial charge on any atom is -0.551 e. The molecule has 0 aromatic heterocycles. The summed E-state index contributed by atoms with van der Waals surface area (Å²) < 4.78 is 20.5. The average Bonchev–Trinajstić information content (AvgIpc) is 2.53. The first kappa shape index (κ1) is 21.8. The molecule has 0 aliphatic heterocycles. The van der Waals surface area contributed by atoms with E-state index in [0.29, 0.717) is 22.9 Å². The lowest BCUT2D eigenvalue weighted by Crippen LogP contribution is -2.40. The molecule has 0 fully saturated rings. The third kappa shape index (κ3) is 11.0. The Morgan fingerprint density at radius 3 is 2.52 bits per heavy atom. The van der Waals surface area contributed by atoms with E-state index in [1.54, 1.807) is 26.8 Å². The Kier molecular flexibility index (Phi) is 13.7. The standard InChI is InChI=1S/C14H27NO6Si2/c1-5-19-13(16)10-12(14(17)20-6-2)15-8-7-9-23(18-3)11-21-22-4/h11-12,15H,5-10H2,1-4H3/b23-11-. The largest absolute Gasteiger partial charge is 0.551 e. The zero-order valence-electron chi connectivity index (χ0n) is 14.3. The van der Waals surface area contributed by atoms with Crippen molar-refractivity contribution in [2.24, 2.45) is 0 Å². The van der Waals surface area contributed by atoms with E-state index in [1.165, 1.54) is 0 Å². The number of esters is 2. The van der Waals surface area contributed by atoms with Crippen LogP contribution in [0.1, 0.15) is 26.7 Å².